The second-order valence-corrected chi connectivity index (χ2v) is 9.70. The van der Waals surface area contributed by atoms with Gasteiger partial charge in [0.15, 0.2) is 14.6 Å². The lowest BCUT2D eigenvalue weighted by atomic mass is 10.2. The van der Waals surface area contributed by atoms with Crippen molar-refractivity contribution in [2.45, 2.75) is 11.4 Å². The third-order valence-electron chi connectivity index (χ3n) is 4.19. The minimum Gasteiger partial charge on any atom is -0.383 e. The molecule has 0 fully saturated rings. The van der Waals surface area contributed by atoms with E-state index in [2.05, 4.69) is 4.99 Å². The van der Waals surface area contributed by atoms with E-state index in [1.165, 1.54) is 31.4 Å². The average Bonchev–Trinajstić information content (AvgIpc) is 3.01. The number of amides is 1. The van der Waals surface area contributed by atoms with E-state index < -0.39 is 20.7 Å². The van der Waals surface area contributed by atoms with Crippen LogP contribution < -0.4 is 4.80 Å². The van der Waals surface area contributed by atoms with Crippen molar-refractivity contribution in [1.29, 1.82) is 0 Å². The van der Waals surface area contributed by atoms with Crippen molar-refractivity contribution < 1.29 is 22.9 Å². The van der Waals surface area contributed by atoms with Gasteiger partial charge in [-0.15, -0.1) is 0 Å². The molecule has 0 unspecified atom stereocenters. The van der Waals surface area contributed by atoms with Crippen molar-refractivity contribution in [3.8, 4) is 0 Å². The maximum absolute atomic E-state index is 12.7. The molecule has 0 atom stereocenters. The molecule has 2 aromatic carbocycles. The van der Waals surface area contributed by atoms with Crippen LogP contribution >= 0.6 is 22.9 Å². The summed E-state index contributed by atoms with van der Waals surface area (Å²) in [5, 5.41) is 11.0. The fourth-order valence-electron chi connectivity index (χ4n) is 2.71. The van der Waals surface area contributed by atoms with Crippen LogP contribution in [0.25, 0.3) is 10.2 Å². The van der Waals surface area contributed by atoms with Crippen molar-refractivity contribution >= 4 is 54.6 Å². The third kappa shape index (κ3) is 4.59. The zero-order valence-corrected chi connectivity index (χ0v) is 18.3. The Morgan fingerprint density at radius 2 is 2.03 bits per heavy atom. The molecule has 3 rings (SSSR count). The van der Waals surface area contributed by atoms with Crippen molar-refractivity contribution in [2.24, 2.45) is 4.99 Å². The average molecular weight is 470 g/mol. The van der Waals surface area contributed by atoms with Gasteiger partial charge >= 0.3 is 0 Å². The molecule has 0 bridgehead atoms. The quantitative estimate of drug-likeness (QED) is 0.404. The molecule has 0 saturated heterocycles. The van der Waals surface area contributed by atoms with Gasteiger partial charge in [0.2, 0.25) is 0 Å². The lowest BCUT2D eigenvalue weighted by Gasteiger charge is -2.05. The first-order valence-corrected chi connectivity index (χ1v) is 11.6. The van der Waals surface area contributed by atoms with Crippen LogP contribution in [0, 0.1) is 10.1 Å². The van der Waals surface area contributed by atoms with Crippen LogP contribution in [0.5, 0.6) is 0 Å². The minimum atomic E-state index is -3.41. The van der Waals surface area contributed by atoms with Crippen molar-refractivity contribution in [3.63, 3.8) is 0 Å². The van der Waals surface area contributed by atoms with E-state index >= 15 is 0 Å². The van der Waals surface area contributed by atoms with E-state index in [0.29, 0.717) is 28.2 Å². The summed E-state index contributed by atoms with van der Waals surface area (Å²) in [6, 6.07) is 8.18. The molecule has 0 saturated carbocycles. The van der Waals surface area contributed by atoms with Crippen LogP contribution in [0.15, 0.2) is 46.3 Å². The lowest BCUT2D eigenvalue weighted by molar-refractivity contribution is -0.384. The van der Waals surface area contributed by atoms with Crippen LogP contribution in [0.4, 0.5) is 5.69 Å². The van der Waals surface area contributed by atoms with Gasteiger partial charge in [-0.3, -0.25) is 14.9 Å². The second-order valence-electron chi connectivity index (χ2n) is 6.27. The Morgan fingerprint density at radius 1 is 1.30 bits per heavy atom. The number of carbonyl (C=O) groups is 1. The standard InChI is InChI=1S/C18H16ClN3O6S2/c1-28-8-7-21-15-6-4-12(30(2,26)27)10-16(15)29-18(21)20-17(23)13-9-11(22(24)25)3-5-14(13)19/h3-6,9-10H,7-8H2,1-2H3. The molecule has 0 radical (unpaired) electrons. The van der Waals surface area contributed by atoms with Gasteiger partial charge in [0.25, 0.3) is 11.6 Å². The Balaban J connectivity index is 2.18. The van der Waals surface area contributed by atoms with Crippen LogP contribution in [-0.4, -0.2) is 43.8 Å². The summed E-state index contributed by atoms with van der Waals surface area (Å²) in [4.78, 5) is 27.7. The number of rotatable bonds is 6. The topological polar surface area (TPSA) is 121 Å². The number of halogens is 1. The highest BCUT2D eigenvalue weighted by Gasteiger charge is 2.17. The highest BCUT2D eigenvalue weighted by Crippen LogP contribution is 2.24. The van der Waals surface area contributed by atoms with Gasteiger partial charge in [0.05, 0.1) is 37.2 Å². The summed E-state index contributed by atoms with van der Waals surface area (Å²) in [5.41, 5.74) is 0.305. The Kier molecular flexibility index (Phi) is 6.36. The number of aromatic nitrogens is 1. The summed E-state index contributed by atoms with van der Waals surface area (Å²) in [7, 11) is -1.88. The number of hydrogen-bond acceptors (Lipinski definition) is 7. The van der Waals surface area contributed by atoms with Gasteiger partial charge in [-0.25, -0.2) is 8.42 Å². The Morgan fingerprint density at radius 3 is 2.67 bits per heavy atom. The number of nitro benzene ring substituents is 1. The first-order valence-electron chi connectivity index (χ1n) is 8.47. The number of nitro groups is 1. The molecule has 158 valence electrons. The summed E-state index contributed by atoms with van der Waals surface area (Å²) >= 11 is 7.16. The molecule has 3 aromatic rings. The number of sulfone groups is 1. The molecule has 12 heteroatoms. The SMILES string of the molecule is COCCn1c(=NC(=O)c2cc([N+](=O)[O-])ccc2Cl)sc2cc(S(C)(=O)=O)ccc21. The van der Waals surface area contributed by atoms with E-state index in [-0.39, 0.29) is 21.2 Å². The second kappa shape index (κ2) is 8.64. The first-order chi connectivity index (χ1) is 14.1. The number of thiazole rings is 1. The largest absolute Gasteiger partial charge is 0.383 e. The van der Waals surface area contributed by atoms with Crippen LogP contribution in [0.1, 0.15) is 10.4 Å². The monoisotopic (exact) mass is 469 g/mol. The van der Waals surface area contributed by atoms with Crippen LogP contribution in [0.3, 0.4) is 0 Å². The van der Waals surface area contributed by atoms with E-state index in [1.54, 1.807) is 10.6 Å². The van der Waals surface area contributed by atoms with Crippen molar-refractivity contribution in [1.82, 2.24) is 4.57 Å². The number of hydrogen-bond donors (Lipinski definition) is 0. The minimum absolute atomic E-state index is 0.0401. The molecule has 9 nitrogen and oxygen atoms in total. The van der Waals surface area contributed by atoms with Gasteiger partial charge in [-0.2, -0.15) is 4.99 Å². The van der Waals surface area contributed by atoms with Crippen molar-refractivity contribution in [2.75, 3.05) is 20.0 Å². The summed E-state index contributed by atoms with van der Waals surface area (Å²) in [5.74, 6) is -0.746. The third-order valence-corrected chi connectivity index (χ3v) is 6.67. The fraction of sp³-hybridized carbons (Fsp3) is 0.222. The molecule has 0 aliphatic carbocycles. The molecule has 0 aliphatic heterocycles. The summed E-state index contributed by atoms with van der Waals surface area (Å²) in [6.07, 6.45) is 1.11. The number of benzene rings is 2. The zero-order valence-electron chi connectivity index (χ0n) is 15.9. The maximum atomic E-state index is 12.7. The fourth-order valence-corrected chi connectivity index (χ4v) is 4.72. The van der Waals surface area contributed by atoms with Crippen LogP contribution in [0.2, 0.25) is 5.02 Å². The predicted octanol–water partition coefficient (Wildman–Crippen LogP) is 3.06. The number of methoxy groups -OCH3 is 1. The molecule has 1 heterocycles. The molecule has 30 heavy (non-hydrogen) atoms. The Hall–Kier alpha value is -2.60. The van der Waals surface area contributed by atoms with Gasteiger partial charge in [-0.1, -0.05) is 22.9 Å². The number of non-ortho nitro benzene ring substituents is 1. The number of carbonyl (C=O) groups excluding carboxylic acids is 1. The number of nitrogens with zero attached hydrogens (tertiary/aromatic N) is 3. The predicted molar refractivity (Wildman–Crippen MR) is 113 cm³/mol. The van der Waals surface area contributed by atoms with E-state index in [4.69, 9.17) is 16.3 Å². The Bertz CT molecular complexity index is 1330. The normalized spacial score (nSPS) is 12.4. The zero-order chi connectivity index (χ0) is 22.1. The van der Waals surface area contributed by atoms with E-state index in [0.717, 1.165) is 23.7 Å². The summed E-state index contributed by atoms with van der Waals surface area (Å²) in [6.45, 7) is 0.697. The molecular formula is C18H16ClN3O6S2. The van der Waals surface area contributed by atoms with E-state index in [1.807, 2.05) is 0 Å². The van der Waals surface area contributed by atoms with Gasteiger partial charge < -0.3 is 9.30 Å². The molecule has 1 aromatic heterocycles. The Labute approximate surface area is 180 Å². The van der Waals surface area contributed by atoms with Crippen LogP contribution in [-0.2, 0) is 21.1 Å². The lowest BCUT2D eigenvalue weighted by Crippen LogP contribution is -2.19. The van der Waals surface area contributed by atoms with E-state index in [9.17, 15) is 23.3 Å². The maximum Gasteiger partial charge on any atom is 0.281 e. The smallest absolute Gasteiger partial charge is 0.281 e. The molecule has 0 spiro atoms. The van der Waals surface area contributed by atoms with Gasteiger partial charge in [0, 0.05) is 32.0 Å². The van der Waals surface area contributed by atoms with Gasteiger partial charge in [0.1, 0.15) is 0 Å². The first kappa shape index (κ1) is 22.1. The number of fused-ring (bicyclic) bond motifs is 1. The molecular weight excluding hydrogens is 454 g/mol. The number of ether oxygens (including phenoxy) is 1. The summed E-state index contributed by atoms with van der Waals surface area (Å²) < 4.78 is 31.2. The molecule has 0 N–H and O–H groups in total. The van der Waals surface area contributed by atoms with Gasteiger partial charge in [-0.05, 0) is 24.3 Å². The highest BCUT2D eigenvalue weighted by molar-refractivity contribution is 7.90. The molecule has 1 amide bonds. The van der Waals surface area contributed by atoms with Crippen molar-refractivity contribution in [3.05, 3.63) is 61.9 Å². The highest BCUT2D eigenvalue weighted by atomic mass is 35.5. The molecule has 0 aliphatic rings.